The van der Waals surface area contributed by atoms with E-state index in [-0.39, 0.29) is 22.6 Å². The molecule has 0 amide bonds. The first kappa shape index (κ1) is 17.1. The number of Topliss-reactive ketones (excluding diaryl/α,β-unsaturated/α-hetero) is 1. The van der Waals surface area contributed by atoms with Crippen LogP contribution in [-0.2, 0) is 9.53 Å². The number of alkyl halides is 2. The molecule has 0 aromatic heterocycles. The fourth-order valence-corrected chi connectivity index (χ4v) is 1.49. The predicted octanol–water partition coefficient (Wildman–Crippen LogP) is 1.77. The summed E-state index contributed by atoms with van der Waals surface area (Å²) >= 11 is 0. The van der Waals surface area contributed by atoms with Crippen LogP contribution in [0.1, 0.15) is 17.3 Å². The highest BCUT2D eigenvalue weighted by Crippen LogP contribution is 2.21. The third-order valence-corrected chi connectivity index (χ3v) is 2.44. The fourth-order valence-electron chi connectivity index (χ4n) is 1.49. The number of hydrogen-bond acceptors (Lipinski definition) is 6. The van der Waals surface area contributed by atoms with E-state index < -0.39 is 25.0 Å². The fraction of sp³-hybridized carbons (Fsp3) is 0.214. The molecule has 116 valence electrons. The molecule has 0 radical (unpaired) electrons. The Morgan fingerprint density at radius 1 is 1.36 bits per heavy atom. The maximum Gasteiger partial charge on any atom is 0.387 e. The molecule has 1 rings (SSSR count). The average Bonchev–Trinajstić information content (AvgIpc) is 2.45. The van der Waals surface area contributed by atoms with Crippen LogP contribution >= 0.6 is 0 Å². The van der Waals surface area contributed by atoms with Gasteiger partial charge in [0.2, 0.25) is 5.78 Å². The summed E-state index contributed by atoms with van der Waals surface area (Å²) in [6, 6.07) is 6.78. The lowest BCUT2D eigenvalue weighted by Crippen LogP contribution is -2.18. The number of hydrogen-bond donors (Lipinski definition) is 1. The van der Waals surface area contributed by atoms with Crippen LogP contribution in [0.4, 0.5) is 8.78 Å². The minimum atomic E-state index is -3.11. The first-order valence-electron chi connectivity index (χ1n) is 5.97. The summed E-state index contributed by atoms with van der Waals surface area (Å²) in [4.78, 5) is 23.4. The monoisotopic (exact) mass is 310 g/mol. The Kier molecular flexibility index (Phi) is 6.01. The molecule has 0 saturated carbocycles. The molecular weight excluding hydrogens is 298 g/mol. The van der Waals surface area contributed by atoms with E-state index in [9.17, 15) is 18.4 Å². The smallest absolute Gasteiger partial charge is 0.387 e. The lowest BCUT2D eigenvalue weighted by Gasteiger charge is -2.10. The van der Waals surface area contributed by atoms with E-state index >= 15 is 0 Å². The van der Waals surface area contributed by atoms with Crippen molar-refractivity contribution in [2.75, 3.05) is 6.61 Å². The molecule has 0 heterocycles. The summed E-state index contributed by atoms with van der Waals surface area (Å²) < 4.78 is 33.3. The number of nitrogens with two attached hydrogens (primary N) is 1. The molecule has 0 unspecified atom stereocenters. The number of ether oxygens (including phenoxy) is 2. The molecule has 2 N–H and O–H groups in total. The summed E-state index contributed by atoms with van der Waals surface area (Å²) in [6.45, 7) is -2.49. The molecule has 0 aliphatic heterocycles. The summed E-state index contributed by atoms with van der Waals surface area (Å²) in [5.41, 5.74) is 4.74. The van der Waals surface area contributed by atoms with Gasteiger partial charge in [-0.3, -0.25) is 4.79 Å². The number of carbonyl (C=O) groups excluding carboxylic acids is 2. The quantitative estimate of drug-likeness (QED) is 0.488. The standard InChI is InChI=1S/C14H12F2N2O4/c1-8(18)10(6-17)11(19)7-21-13(20)9-4-2-3-5-12(9)22-14(15)16/h2-5,14H,7,18H2,1H3. The molecule has 0 atom stereocenters. The van der Waals surface area contributed by atoms with Crippen molar-refractivity contribution in [3.05, 3.63) is 41.1 Å². The summed E-state index contributed by atoms with van der Waals surface area (Å²) in [7, 11) is 0. The van der Waals surface area contributed by atoms with Crippen LogP contribution in [-0.4, -0.2) is 25.0 Å². The van der Waals surface area contributed by atoms with Gasteiger partial charge in [0.05, 0.1) is 0 Å². The van der Waals surface area contributed by atoms with E-state index in [1.54, 1.807) is 6.07 Å². The first-order valence-corrected chi connectivity index (χ1v) is 5.97. The Morgan fingerprint density at radius 3 is 2.55 bits per heavy atom. The second-order valence-electron chi connectivity index (χ2n) is 4.04. The van der Waals surface area contributed by atoms with Crippen molar-refractivity contribution in [3.8, 4) is 11.8 Å². The number of halogens is 2. The van der Waals surface area contributed by atoms with Gasteiger partial charge in [-0.1, -0.05) is 12.1 Å². The van der Waals surface area contributed by atoms with Crippen molar-refractivity contribution in [2.45, 2.75) is 13.5 Å². The van der Waals surface area contributed by atoms with Crippen LogP contribution in [0.15, 0.2) is 35.5 Å². The highest BCUT2D eigenvalue weighted by molar-refractivity contribution is 6.02. The molecule has 0 spiro atoms. The molecule has 0 bridgehead atoms. The minimum Gasteiger partial charge on any atom is -0.454 e. The van der Waals surface area contributed by atoms with E-state index in [1.807, 2.05) is 0 Å². The highest BCUT2D eigenvalue weighted by atomic mass is 19.3. The zero-order valence-electron chi connectivity index (χ0n) is 11.5. The average molecular weight is 310 g/mol. The van der Waals surface area contributed by atoms with Gasteiger partial charge in [0, 0.05) is 5.70 Å². The second kappa shape index (κ2) is 7.73. The van der Waals surface area contributed by atoms with Gasteiger partial charge < -0.3 is 15.2 Å². The summed E-state index contributed by atoms with van der Waals surface area (Å²) in [5, 5.41) is 8.74. The third kappa shape index (κ3) is 4.56. The molecule has 0 aliphatic rings. The molecule has 8 heteroatoms. The van der Waals surface area contributed by atoms with Gasteiger partial charge in [0.1, 0.15) is 23.0 Å². The molecule has 0 fully saturated rings. The zero-order valence-corrected chi connectivity index (χ0v) is 11.5. The van der Waals surface area contributed by atoms with Crippen LogP contribution in [0, 0.1) is 11.3 Å². The van der Waals surface area contributed by atoms with Gasteiger partial charge in [-0.05, 0) is 19.1 Å². The van der Waals surface area contributed by atoms with E-state index in [0.717, 1.165) is 6.07 Å². The maximum atomic E-state index is 12.2. The van der Waals surface area contributed by atoms with Crippen LogP contribution in [0.5, 0.6) is 5.75 Å². The molecule has 1 aromatic carbocycles. The molecular formula is C14H12F2N2O4. The van der Waals surface area contributed by atoms with Gasteiger partial charge in [-0.15, -0.1) is 0 Å². The van der Waals surface area contributed by atoms with Crippen molar-refractivity contribution in [1.29, 1.82) is 5.26 Å². The number of ketones is 1. The van der Waals surface area contributed by atoms with E-state index in [0.29, 0.717) is 0 Å². The Bertz CT molecular complexity index is 646. The second-order valence-corrected chi connectivity index (χ2v) is 4.04. The number of allylic oxidation sites excluding steroid dienone is 1. The minimum absolute atomic E-state index is 0.00928. The molecule has 0 saturated heterocycles. The van der Waals surface area contributed by atoms with Gasteiger partial charge >= 0.3 is 12.6 Å². The van der Waals surface area contributed by atoms with Crippen LogP contribution < -0.4 is 10.5 Å². The van der Waals surface area contributed by atoms with Crippen molar-refractivity contribution in [3.63, 3.8) is 0 Å². The Hall–Kier alpha value is -2.95. The summed E-state index contributed by atoms with van der Waals surface area (Å²) in [5.74, 6) is -2.19. The van der Waals surface area contributed by atoms with Crippen LogP contribution in [0.2, 0.25) is 0 Å². The maximum absolute atomic E-state index is 12.2. The Morgan fingerprint density at radius 2 is 2.00 bits per heavy atom. The third-order valence-electron chi connectivity index (χ3n) is 2.44. The van der Waals surface area contributed by atoms with Gasteiger partial charge in [-0.2, -0.15) is 14.0 Å². The Balaban J connectivity index is 2.81. The predicted molar refractivity (Wildman–Crippen MR) is 70.9 cm³/mol. The highest BCUT2D eigenvalue weighted by Gasteiger charge is 2.19. The van der Waals surface area contributed by atoms with E-state index in [1.165, 1.54) is 25.1 Å². The molecule has 22 heavy (non-hydrogen) atoms. The molecule has 0 aliphatic carbocycles. The van der Waals surface area contributed by atoms with Crippen molar-refractivity contribution in [2.24, 2.45) is 5.73 Å². The number of carbonyl (C=O) groups is 2. The number of para-hydroxylation sites is 1. The molecule has 6 nitrogen and oxygen atoms in total. The number of esters is 1. The Labute approximate surface area is 124 Å². The van der Waals surface area contributed by atoms with Crippen LogP contribution in [0.3, 0.4) is 0 Å². The number of benzene rings is 1. The van der Waals surface area contributed by atoms with Crippen LogP contribution in [0.25, 0.3) is 0 Å². The first-order chi connectivity index (χ1) is 10.4. The van der Waals surface area contributed by atoms with E-state index in [4.69, 9.17) is 15.7 Å². The topological polar surface area (TPSA) is 102 Å². The SMILES string of the molecule is CC(N)=C(C#N)C(=O)COC(=O)c1ccccc1OC(F)F. The van der Waals surface area contributed by atoms with Crippen molar-refractivity contribution < 1.29 is 27.8 Å². The lowest BCUT2D eigenvalue weighted by molar-refractivity contribution is -0.118. The number of nitriles is 1. The zero-order chi connectivity index (χ0) is 16.7. The van der Waals surface area contributed by atoms with Gasteiger partial charge in [-0.25, -0.2) is 4.79 Å². The normalized spacial score (nSPS) is 11.4. The number of rotatable bonds is 6. The lowest BCUT2D eigenvalue weighted by atomic mass is 10.1. The van der Waals surface area contributed by atoms with Crippen molar-refractivity contribution >= 4 is 11.8 Å². The number of nitrogens with zero attached hydrogens (tertiary/aromatic N) is 1. The van der Waals surface area contributed by atoms with Crippen molar-refractivity contribution in [1.82, 2.24) is 0 Å². The molecule has 1 aromatic rings. The van der Waals surface area contributed by atoms with Gasteiger partial charge in [0.15, 0.2) is 6.61 Å². The van der Waals surface area contributed by atoms with Gasteiger partial charge in [0.25, 0.3) is 0 Å². The largest absolute Gasteiger partial charge is 0.454 e. The summed E-state index contributed by atoms with van der Waals surface area (Å²) in [6.07, 6.45) is 0. The van der Waals surface area contributed by atoms with E-state index in [2.05, 4.69) is 4.74 Å².